The van der Waals surface area contributed by atoms with Crippen LogP contribution in [0.15, 0.2) is 0 Å². The molecule has 0 aliphatic carbocycles. The topological polar surface area (TPSA) is 44.1 Å². The zero-order valence-corrected chi connectivity index (χ0v) is 11.4. The number of ether oxygens (including phenoxy) is 1. The molecule has 1 atom stereocenters. The summed E-state index contributed by atoms with van der Waals surface area (Å²) < 4.78 is 6.78. The Balaban J connectivity index is 3.00. The van der Waals surface area contributed by atoms with Crippen LogP contribution in [0.2, 0.25) is 0 Å². The van der Waals surface area contributed by atoms with E-state index in [9.17, 15) is 4.79 Å². The van der Waals surface area contributed by atoms with Gasteiger partial charge in [0.2, 0.25) is 0 Å². The number of methoxy groups -OCH3 is 1. The molecule has 4 nitrogen and oxygen atoms in total. The van der Waals surface area contributed by atoms with Crippen molar-refractivity contribution in [2.45, 2.75) is 53.0 Å². The molecule has 4 heteroatoms. The number of aromatic nitrogens is 2. The van der Waals surface area contributed by atoms with E-state index < -0.39 is 0 Å². The van der Waals surface area contributed by atoms with Gasteiger partial charge < -0.3 is 4.74 Å². The van der Waals surface area contributed by atoms with Crippen molar-refractivity contribution in [2.75, 3.05) is 7.11 Å². The van der Waals surface area contributed by atoms with Crippen molar-refractivity contribution in [3.05, 3.63) is 17.0 Å². The summed E-state index contributed by atoms with van der Waals surface area (Å²) in [5.41, 5.74) is 3.01. The molecule has 0 amide bonds. The van der Waals surface area contributed by atoms with E-state index in [2.05, 4.69) is 12.0 Å². The molecule has 0 saturated heterocycles. The summed E-state index contributed by atoms with van der Waals surface area (Å²) in [7, 11) is 1.42. The predicted molar refractivity (Wildman–Crippen MR) is 67.0 cm³/mol. The lowest BCUT2D eigenvalue weighted by atomic mass is 9.99. The van der Waals surface area contributed by atoms with Gasteiger partial charge in [-0.15, -0.1) is 0 Å². The molecule has 17 heavy (non-hydrogen) atoms. The van der Waals surface area contributed by atoms with Gasteiger partial charge in [0.15, 0.2) is 0 Å². The van der Waals surface area contributed by atoms with Gasteiger partial charge in [0.25, 0.3) is 0 Å². The lowest BCUT2D eigenvalue weighted by Gasteiger charge is -2.10. The molecule has 0 fully saturated rings. The van der Waals surface area contributed by atoms with Crippen LogP contribution in [0.4, 0.5) is 0 Å². The molecule has 0 aliphatic heterocycles. The highest BCUT2D eigenvalue weighted by atomic mass is 16.5. The molecule has 1 aromatic heterocycles. The van der Waals surface area contributed by atoms with Gasteiger partial charge in [-0.25, -0.2) is 0 Å². The number of carbonyl (C=O) groups is 1. The minimum Gasteiger partial charge on any atom is -0.469 e. The Morgan fingerprint density at radius 1 is 1.47 bits per heavy atom. The predicted octanol–water partition coefficient (Wildman–Crippen LogP) is 2.58. The number of unbranched alkanes of at least 4 members (excludes halogenated alkanes) is 1. The quantitative estimate of drug-likeness (QED) is 0.740. The molecule has 1 rings (SSSR count). The lowest BCUT2D eigenvalue weighted by Crippen LogP contribution is -2.12. The Hall–Kier alpha value is -1.32. The van der Waals surface area contributed by atoms with E-state index in [1.54, 1.807) is 0 Å². The first-order valence-corrected chi connectivity index (χ1v) is 6.14. The van der Waals surface area contributed by atoms with Gasteiger partial charge >= 0.3 is 5.97 Å². The highest BCUT2D eigenvalue weighted by Crippen LogP contribution is 2.24. The van der Waals surface area contributed by atoms with Crippen LogP contribution in [0, 0.1) is 13.8 Å². The smallest absolute Gasteiger partial charge is 0.312 e. The van der Waals surface area contributed by atoms with E-state index in [0.29, 0.717) is 0 Å². The molecule has 0 aromatic carbocycles. The fourth-order valence-corrected chi connectivity index (χ4v) is 2.16. The summed E-state index contributed by atoms with van der Waals surface area (Å²) in [6, 6.07) is 0. The SMILES string of the molecule is CCCCn1nc(C)c(C(C)C(=O)OC)c1C. The molecular weight excluding hydrogens is 216 g/mol. The highest BCUT2D eigenvalue weighted by Gasteiger charge is 2.23. The Morgan fingerprint density at radius 2 is 2.12 bits per heavy atom. The fourth-order valence-electron chi connectivity index (χ4n) is 2.16. The number of esters is 1. The first-order valence-electron chi connectivity index (χ1n) is 6.14. The van der Waals surface area contributed by atoms with E-state index in [1.807, 2.05) is 25.5 Å². The van der Waals surface area contributed by atoms with Gasteiger partial charge in [-0.05, 0) is 27.2 Å². The maximum absolute atomic E-state index is 11.6. The number of nitrogens with zero attached hydrogens (tertiary/aromatic N) is 2. The molecule has 1 heterocycles. The van der Waals surface area contributed by atoms with E-state index in [1.165, 1.54) is 7.11 Å². The maximum Gasteiger partial charge on any atom is 0.312 e. The maximum atomic E-state index is 11.6. The monoisotopic (exact) mass is 238 g/mol. The molecule has 0 spiro atoms. The lowest BCUT2D eigenvalue weighted by molar-refractivity contribution is -0.142. The van der Waals surface area contributed by atoms with Gasteiger partial charge in [0.05, 0.1) is 18.7 Å². The third-order valence-electron chi connectivity index (χ3n) is 3.15. The first kappa shape index (κ1) is 13.7. The number of aryl methyl sites for hydroxylation is 2. The second kappa shape index (κ2) is 5.84. The van der Waals surface area contributed by atoms with Gasteiger partial charge in [-0.3, -0.25) is 9.48 Å². The number of carbonyl (C=O) groups excluding carboxylic acids is 1. The van der Waals surface area contributed by atoms with Crippen LogP contribution in [-0.4, -0.2) is 22.9 Å². The number of hydrogen-bond donors (Lipinski definition) is 0. The number of hydrogen-bond acceptors (Lipinski definition) is 3. The largest absolute Gasteiger partial charge is 0.469 e. The van der Waals surface area contributed by atoms with Gasteiger partial charge in [0.1, 0.15) is 0 Å². The number of rotatable bonds is 5. The van der Waals surface area contributed by atoms with Gasteiger partial charge in [0, 0.05) is 17.8 Å². The van der Waals surface area contributed by atoms with Crippen molar-refractivity contribution in [3.8, 4) is 0 Å². The molecular formula is C13H22N2O2. The Kier molecular flexibility index (Phi) is 4.73. The molecule has 1 aromatic rings. The summed E-state index contributed by atoms with van der Waals surface area (Å²) in [6.07, 6.45) is 2.24. The first-order chi connectivity index (χ1) is 8.02. The van der Waals surface area contributed by atoms with Crippen molar-refractivity contribution < 1.29 is 9.53 Å². The van der Waals surface area contributed by atoms with Crippen molar-refractivity contribution >= 4 is 5.97 Å². The Labute approximate surface area is 103 Å². The zero-order chi connectivity index (χ0) is 13.0. The third kappa shape index (κ3) is 2.87. The average Bonchev–Trinajstić information content (AvgIpc) is 2.60. The molecule has 0 bridgehead atoms. The van der Waals surface area contributed by atoms with Crippen molar-refractivity contribution in [2.24, 2.45) is 0 Å². The second-order valence-corrected chi connectivity index (χ2v) is 4.41. The normalized spacial score (nSPS) is 12.5. The summed E-state index contributed by atoms with van der Waals surface area (Å²) >= 11 is 0. The highest BCUT2D eigenvalue weighted by molar-refractivity contribution is 5.78. The van der Waals surface area contributed by atoms with Crippen LogP contribution in [0.3, 0.4) is 0 Å². The third-order valence-corrected chi connectivity index (χ3v) is 3.15. The Morgan fingerprint density at radius 3 is 2.65 bits per heavy atom. The molecule has 96 valence electrons. The van der Waals surface area contributed by atoms with Crippen molar-refractivity contribution in [1.29, 1.82) is 0 Å². The Bertz CT molecular complexity index is 396. The summed E-state index contributed by atoms with van der Waals surface area (Å²) in [5.74, 6) is -0.443. The minimum atomic E-state index is -0.240. The van der Waals surface area contributed by atoms with E-state index >= 15 is 0 Å². The zero-order valence-electron chi connectivity index (χ0n) is 11.4. The average molecular weight is 238 g/mol. The molecule has 0 N–H and O–H groups in total. The van der Waals surface area contributed by atoms with E-state index in [-0.39, 0.29) is 11.9 Å². The van der Waals surface area contributed by atoms with E-state index in [4.69, 9.17) is 4.74 Å². The fraction of sp³-hybridized carbons (Fsp3) is 0.692. The summed E-state index contributed by atoms with van der Waals surface area (Å²) in [4.78, 5) is 11.6. The van der Waals surface area contributed by atoms with Crippen LogP contribution in [0.1, 0.15) is 49.6 Å². The molecule has 0 radical (unpaired) electrons. The van der Waals surface area contributed by atoms with Crippen LogP contribution >= 0.6 is 0 Å². The molecule has 1 unspecified atom stereocenters. The summed E-state index contributed by atoms with van der Waals surface area (Å²) in [5, 5.41) is 4.49. The standard InChI is InChI=1S/C13H22N2O2/c1-6-7-8-15-11(4)12(10(3)14-15)9(2)13(16)17-5/h9H,6-8H2,1-5H3. The minimum absolute atomic E-state index is 0.203. The van der Waals surface area contributed by atoms with Crippen molar-refractivity contribution in [1.82, 2.24) is 9.78 Å². The summed E-state index contributed by atoms with van der Waals surface area (Å²) in [6.45, 7) is 8.91. The van der Waals surface area contributed by atoms with Gasteiger partial charge in [-0.1, -0.05) is 13.3 Å². The molecule has 0 aliphatic rings. The van der Waals surface area contributed by atoms with E-state index in [0.717, 1.165) is 36.3 Å². The van der Waals surface area contributed by atoms with Crippen LogP contribution < -0.4 is 0 Å². The second-order valence-electron chi connectivity index (χ2n) is 4.41. The van der Waals surface area contributed by atoms with Gasteiger partial charge in [-0.2, -0.15) is 5.10 Å². The van der Waals surface area contributed by atoms with Crippen molar-refractivity contribution in [3.63, 3.8) is 0 Å². The van der Waals surface area contributed by atoms with Crippen LogP contribution in [-0.2, 0) is 16.1 Å². The van der Waals surface area contributed by atoms with Crippen LogP contribution in [0.25, 0.3) is 0 Å². The van der Waals surface area contributed by atoms with Crippen LogP contribution in [0.5, 0.6) is 0 Å². The molecule has 0 saturated carbocycles.